The largest absolute Gasteiger partial charge is 0.370 e. The molecule has 2 aliphatic rings. The van der Waals surface area contributed by atoms with E-state index in [1.54, 1.807) is 0 Å². The Balaban J connectivity index is 1.45. The summed E-state index contributed by atoms with van der Waals surface area (Å²) >= 11 is 0. The molecule has 21 heavy (non-hydrogen) atoms. The summed E-state index contributed by atoms with van der Waals surface area (Å²) in [7, 11) is 0. The summed E-state index contributed by atoms with van der Waals surface area (Å²) < 4.78 is 6.36. The number of nitrogens with one attached hydrogen (secondary N) is 1. The summed E-state index contributed by atoms with van der Waals surface area (Å²) in [6.07, 6.45) is 9.35. The van der Waals surface area contributed by atoms with E-state index in [1.807, 2.05) is 18.2 Å². The van der Waals surface area contributed by atoms with Crippen molar-refractivity contribution in [3.05, 3.63) is 35.4 Å². The first kappa shape index (κ1) is 14.6. The summed E-state index contributed by atoms with van der Waals surface area (Å²) in [5.41, 5.74) is 2.11. The molecule has 112 valence electrons. The first-order chi connectivity index (χ1) is 10.3. The van der Waals surface area contributed by atoms with Crippen molar-refractivity contribution < 1.29 is 4.74 Å². The molecule has 1 aromatic rings. The third-order valence-corrected chi connectivity index (χ3v) is 4.86. The van der Waals surface area contributed by atoms with Gasteiger partial charge in [0.2, 0.25) is 0 Å². The Morgan fingerprint density at radius 1 is 1.24 bits per heavy atom. The fourth-order valence-electron chi connectivity index (χ4n) is 3.73. The van der Waals surface area contributed by atoms with Gasteiger partial charge in [0.15, 0.2) is 0 Å². The van der Waals surface area contributed by atoms with Gasteiger partial charge in [0.1, 0.15) is 0 Å². The highest BCUT2D eigenvalue weighted by atomic mass is 16.5. The van der Waals surface area contributed by atoms with Crippen LogP contribution >= 0.6 is 0 Å². The van der Waals surface area contributed by atoms with Gasteiger partial charge in [0.25, 0.3) is 0 Å². The molecular weight excluding hydrogens is 260 g/mol. The maximum atomic E-state index is 8.91. The molecule has 1 aromatic carbocycles. The van der Waals surface area contributed by atoms with Crippen LogP contribution < -0.4 is 5.32 Å². The van der Waals surface area contributed by atoms with Crippen molar-refractivity contribution in [2.24, 2.45) is 0 Å². The van der Waals surface area contributed by atoms with Crippen LogP contribution in [0.1, 0.15) is 56.1 Å². The van der Waals surface area contributed by atoms with E-state index in [4.69, 9.17) is 10.00 Å². The molecule has 0 aromatic heterocycles. The molecule has 2 fully saturated rings. The molecule has 3 nitrogen and oxygen atoms in total. The molecule has 0 radical (unpaired) electrons. The Labute approximate surface area is 127 Å². The molecule has 1 heterocycles. The van der Waals surface area contributed by atoms with Crippen molar-refractivity contribution in [1.82, 2.24) is 5.32 Å². The average Bonchev–Trinajstić information content (AvgIpc) is 2.91. The lowest BCUT2D eigenvalue weighted by Gasteiger charge is -2.33. The number of rotatable bonds is 4. The number of hydrogen-bond acceptors (Lipinski definition) is 3. The molecule has 1 saturated carbocycles. The molecule has 1 atom stereocenters. The molecule has 3 heteroatoms. The number of hydrogen-bond donors (Lipinski definition) is 1. The fourth-order valence-corrected chi connectivity index (χ4v) is 3.73. The molecule has 1 N–H and O–H groups in total. The molecule has 1 saturated heterocycles. The minimum absolute atomic E-state index is 0.214. The average molecular weight is 284 g/mol. The summed E-state index contributed by atoms with van der Waals surface area (Å²) in [4.78, 5) is 0. The minimum atomic E-state index is 0.214. The number of benzene rings is 1. The zero-order chi connectivity index (χ0) is 14.5. The van der Waals surface area contributed by atoms with E-state index in [2.05, 4.69) is 17.5 Å². The third kappa shape index (κ3) is 3.64. The van der Waals surface area contributed by atoms with Gasteiger partial charge in [-0.05, 0) is 43.4 Å². The standard InChI is InChI=1S/C18H24N2O/c19-12-15-5-4-6-16(11-15)13-20-14-17-7-10-18(21-17)8-2-1-3-9-18/h4-6,11,17,20H,1-3,7-10,13-14H2. The number of nitriles is 1. The zero-order valence-electron chi connectivity index (χ0n) is 12.6. The van der Waals surface area contributed by atoms with E-state index >= 15 is 0 Å². The third-order valence-electron chi connectivity index (χ3n) is 4.86. The molecule has 1 unspecified atom stereocenters. The van der Waals surface area contributed by atoms with Crippen molar-refractivity contribution >= 4 is 0 Å². The molecule has 1 aliphatic heterocycles. The molecule has 3 rings (SSSR count). The molecule has 1 aliphatic carbocycles. The lowest BCUT2D eigenvalue weighted by Crippen LogP contribution is -2.34. The second-order valence-electron chi connectivity index (χ2n) is 6.47. The Hall–Kier alpha value is -1.37. The minimum Gasteiger partial charge on any atom is -0.370 e. The summed E-state index contributed by atoms with van der Waals surface area (Å²) in [6, 6.07) is 9.98. The van der Waals surface area contributed by atoms with Gasteiger partial charge in [0, 0.05) is 13.1 Å². The van der Waals surface area contributed by atoms with Crippen molar-refractivity contribution in [1.29, 1.82) is 5.26 Å². The predicted molar refractivity (Wildman–Crippen MR) is 82.8 cm³/mol. The maximum absolute atomic E-state index is 8.91. The summed E-state index contributed by atoms with van der Waals surface area (Å²) in [6.45, 7) is 1.72. The number of ether oxygens (including phenoxy) is 1. The second kappa shape index (κ2) is 6.60. The van der Waals surface area contributed by atoms with E-state index < -0.39 is 0 Å². The quantitative estimate of drug-likeness (QED) is 0.920. The van der Waals surface area contributed by atoms with Crippen LogP contribution in [-0.2, 0) is 11.3 Å². The summed E-state index contributed by atoms with van der Waals surface area (Å²) in [5, 5.41) is 12.4. The van der Waals surface area contributed by atoms with Gasteiger partial charge in [0.05, 0.1) is 23.3 Å². The Kier molecular flexibility index (Phi) is 4.57. The number of nitrogens with zero attached hydrogens (tertiary/aromatic N) is 1. The van der Waals surface area contributed by atoms with Crippen LogP contribution in [0.15, 0.2) is 24.3 Å². The van der Waals surface area contributed by atoms with Crippen LogP contribution in [0.4, 0.5) is 0 Å². The van der Waals surface area contributed by atoms with Gasteiger partial charge in [-0.25, -0.2) is 0 Å². The maximum Gasteiger partial charge on any atom is 0.0991 e. The van der Waals surface area contributed by atoms with Crippen molar-refractivity contribution in [2.45, 2.75) is 63.2 Å². The van der Waals surface area contributed by atoms with Gasteiger partial charge in [-0.3, -0.25) is 0 Å². The van der Waals surface area contributed by atoms with Gasteiger partial charge in [-0.2, -0.15) is 5.26 Å². The fraction of sp³-hybridized carbons (Fsp3) is 0.611. The SMILES string of the molecule is N#Cc1cccc(CNCC2CCC3(CCCCC3)O2)c1. The Bertz CT molecular complexity index is 514. The summed E-state index contributed by atoms with van der Waals surface area (Å²) in [5.74, 6) is 0. The van der Waals surface area contributed by atoms with E-state index in [1.165, 1.54) is 50.5 Å². The highest BCUT2D eigenvalue weighted by Gasteiger charge is 2.40. The van der Waals surface area contributed by atoms with Crippen LogP contribution in [0.3, 0.4) is 0 Å². The van der Waals surface area contributed by atoms with Crippen LogP contribution in [0.2, 0.25) is 0 Å². The Morgan fingerprint density at radius 2 is 2.10 bits per heavy atom. The lowest BCUT2D eigenvalue weighted by atomic mass is 9.83. The van der Waals surface area contributed by atoms with Gasteiger partial charge >= 0.3 is 0 Å². The van der Waals surface area contributed by atoms with E-state index in [0.717, 1.165) is 18.7 Å². The van der Waals surface area contributed by atoms with Crippen molar-refractivity contribution in [3.63, 3.8) is 0 Å². The lowest BCUT2D eigenvalue weighted by molar-refractivity contribution is -0.0624. The monoisotopic (exact) mass is 284 g/mol. The molecule has 0 bridgehead atoms. The first-order valence-corrected chi connectivity index (χ1v) is 8.17. The first-order valence-electron chi connectivity index (χ1n) is 8.17. The van der Waals surface area contributed by atoms with Gasteiger partial charge in [-0.15, -0.1) is 0 Å². The molecule has 0 amide bonds. The van der Waals surface area contributed by atoms with E-state index in [-0.39, 0.29) is 5.60 Å². The highest BCUT2D eigenvalue weighted by Crippen LogP contribution is 2.41. The van der Waals surface area contributed by atoms with Gasteiger partial charge in [-0.1, -0.05) is 31.4 Å². The van der Waals surface area contributed by atoms with Gasteiger partial charge < -0.3 is 10.1 Å². The molecular formula is C18H24N2O. The normalized spacial score (nSPS) is 24.0. The van der Waals surface area contributed by atoms with Crippen LogP contribution in [-0.4, -0.2) is 18.2 Å². The zero-order valence-corrected chi connectivity index (χ0v) is 12.6. The van der Waals surface area contributed by atoms with Crippen LogP contribution in [0.25, 0.3) is 0 Å². The highest BCUT2D eigenvalue weighted by molar-refractivity contribution is 5.32. The van der Waals surface area contributed by atoms with Crippen molar-refractivity contribution in [3.8, 4) is 6.07 Å². The smallest absolute Gasteiger partial charge is 0.0991 e. The molecule has 1 spiro atoms. The van der Waals surface area contributed by atoms with E-state index in [9.17, 15) is 0 Å². The Morgan fingerprint density at radius 3 is 2.90 bits per heavy atom. The predicted octanol–water partition coefficient (Wildman–Crippen LogP) is 3.53. The van der Waals surface area contributed by atoms with Crippen molar-refractivity contribution in [2.75, 3.05) is 6.54 Å². The van der Waals surface area contributed by atoms with Crippen LogP contribution in [0, 0.1) is 11.3 Å². The van der Waals surface area contributed by atoms with E-state index in [0.29, 0.717) is 6.10 Å². The topological polar surface area (TPSA) is 45.0 Å². The second-order valence-corrected chi connectivity index (χ2v) is 6.47. The van der Waals surface area contributed by atoms with Crippen LogP contribution in [0.5, 0.6) is 0 Å².